The Balaban J connectivity index is 2.67. The van der Waals surface area contributed by atoms with Gasteiger partial charge in [-0.1, -0.05) is 47.5 Å². The lowest BCUT2D eigenvalue weighted by atomic mass is 9.96. The van der Waals surface area contributed by atoms with E-state index in [0.29, 0.717) is 6.42 Å². The fourth-order valence-corrected chi connectivity index (χ4v) is 3.30. The summed E-state index contributed by atoms with van der Waals surface area (Å²) < 4.78 is 5.49. The maximum absolute atomic E-state index is 12.5. The first kappa shape index (κ1) is 23.1. The lowest BCUT2D eigenvalue weighted by Crippen LogP contribution is -2.48. The first-order valence-corrected chi connectivity index (χ1v) is 10.3. The molecule has 0 aliphatic rings. The van der Waals surface area contributed by atoms with Gasteiger partial charge in [-0.3, -0.25) is 14.6 Å². The number of hydrogen-bond acceptors (Lipinski definition) is 6. The maximum Gasteiger partial charge on any atom is 0.408 e. The van der Waals surface area contributed by atoms with Crippen LogP contribution in [0.15, 0.2) is 11.7 Å². The molecule has 7 nitrogen and oxygen atoms in total. The van der Waals surface area contributed by atoms with Gasteiger partial charge in [0, 0.05) is 11.1 Å². The number of amides is 2. The van der Waals surface area contributed by atoms with Crippen molar-refractivity contribution in [2.75, 3.05) is 0 Å². The molecule has 0 aromatic carbocycles. The normalized spacial score (nSPS) is 12.3. The van der Waals surface area contributed by atoms with Crippen LogP contribution in [0.25, 0.3) is 0 Å². The van der Waals surface area contributed by atoms with Gasteiger partial charge in [-0.25, -0.2) is 4.79 Å². The molecule has 1 heterocycles. The lowest BCUT2D eigenvalue weighted by Gasteiger charge is -2.26. The molecule has 0 spiro atoms. The predicted octanol–water partition coefficient (Wildman–Crippen LogP) is 3.29. The van der Waals surface area contributed by atoms with Crippen LogP contribution in [0, 0.1) is 11.8 Å². The number of aromatic nitrogens is 1. The monoisotopic (exact) mass is 397 g/mol. The van der Waals surface area contributed by atoms with Gasteiger partial charge in [-0.05, 0) is 18.3 Å². The number of nitrogens with one attached hydrogen (secondary N) is 2. The fourth-order valence-electron chi connectivity index (χ4n) is 2.76. The van der Waals surface area contributed by atoms with Crippen molar-refractivity contribution in [1.82, 2.24) is 15.6 Å². The molecule has 2 amide bonds. The molecule has 0 aliphatic heterocycles. The topological polar surface area (TPSA) is 97.4 Å². The van der Waals surface area contributed by atoms with Crippen molar-refractivity contribution in [3.63, 3.8) is 0 Å². The van der Waals surface area contributed by atoms with Gasteiger partial charge in [-0.15, -0.1) is 11.3 Å². The zero-order valence-electron chi connectivity index (χ0n) is 16.8. The van der Waals surface area contributed by atoms with Gasteiger partial charge >= 0.3 is 6.09 Å². The number of unbranched alkanes of at least 4 members (excludes halogenated alkanes) is 1. The second-order valence-corrected chi connectivity index (χ2v) is 8.18. The van der Waals surface area contributed by atoms with Gasteiger partial charge in [0.25, 0.3) is 5.91 Å². The predicted molar refractivity (Wildman–Crippen MR) is 105 cm³/mol. The number of Topliss-reactive ketones (excluding diaryl/α,β-unsaturated/α-hetero) is 1. The molecule has 27 heavy (non-hydrogen) atoms. The minimum absolute atomic E-state index is 0.156. The van der Waals surface area contributed by atoms with Gasteiger partial charge in [0.2, 0.25) is 5.78 Å². The molecule has 0 aliphatic carbocycles. The Labute approximate surface area is 165 Å². The molecule has 1 rings (SSSR count). The number of carbonyl (C=O) groups excluding carboxylic acids is 3. The summed E-state index contributed by atoms with van der Waals surface area (Å²) in [5.74, 6) is -1.06. The molecular formula is C19H31N3O4S. The van der Waals surface area contributed by atoms with Gasteiger partial charge in [0.15, 0.2) is 0 Å². The average Bonchev–Trinajstić information content (AvgIpc) is 3.13. The van der Waals surface area contributed by atoms with Crippen LogP contribution in [-0.4, -0.2) is 34.9 Å². The van der Waals surface area contributed by atoms with Crippen LogP contribution in [0.5, 0.6) is 0 Å². The van der Waals surface area contributed by atoms with E-state index in [1.165, 1.54) is 11.3 Å². The summed E-state index contributed by atoms with van der Waals surface area (Å²) in [4.78, 5) is 41.8. The van der Waals surface area contributed by atoms with Crippen LogP contribution >= 0.6 is 11.3 Å². The smallest absolute Gasteiger partial charge is 0.408 e. The minimum Gasteiger partial charge on any atom is -0.446 e. The molecule has 0 radical (unpaired) electrons. The van der Waals surface area contributed by atoms with E-state index in [4.69, 9.17) is 4.74 Å². The number of rotatable bonds is 11. The molecular weight excluding hydrogens is 366 g/mol. The molecule has 0 bridgehead atoms. The zero-order valence-corrected chi connectivity index (χ0v) is 17.6. The van der Waals surface area contributed by atoms with Crippen molar-refractivity contribution in [1.29, 1.82) is 0 Å². The van der Waals surface area contributed by atoms with E-state index in [9.17, 15) is 14.4 Å². The first-order chi connectivity index (χ1) is 12.8. The van der Waals surface area contributed by atoms with Crippen molar-refractivity contribution < 1.29 is 19.1 Å². The summed E-state index contributed by atoms with van der Waals surface area (Å²) >= 11 is 1.39. The van der Waals surface area contributed by atoms with Gasteiger partial charge in [-0.2, -0.15) is 0 Å². The highest BCUT2D eigenvalue weighted by molar-refractivity contribution is 7.09. The highest BCUT2D eigenvalue weighted by Gasteiger charge is 2.29. The first-order valence-electron chi connectivity index (χ1n) is 9.42. The van der Waals surface area contributed by atoms with E-state index in [-0.39, 0.29) is 24.5 Å². The van der Waals surface area contributed by atoms with Crippen LogP contribution in [0.3, 0.4) is 0 Å². The third-order valence-electron chi connectivity index (χ3n) is 4.14. The summed E-state index contributed by atoms with van der Waals surface area (Å²) in [7, 11) is 0. The zero-order chi connectivity index (χ0) is 20.4. The Bertz CT molecular complexity index is 594. The molecule has 0 saturated heterocycles. The van der Waals surface area contributed by atoms with E-state index in [2.05, 4.69) is 15.6 Å². The minimum atomic E-state index is -0.890. The Kier molecular flexibility index (Phi) is 9.99. The molecule has 2 N–H and O–H groups in total. The summed E-state index contributed by atoms with van der Waals surface area (Å²) in [6.07, 6.45) is 2.68. The summed E-state index contributed by atoms with van der Waals surface area (Å²) in [5.41, 5.74) is 1.66. The van der Waals surface area contributed by atoms with Crippen molar-refractivity contribution in [3.8, 4) is 0 Å². The molecule has 1 aromatic heterocycles. The number of ether oxygens (including phenoxy) is 1. The fraction of sp³-hybridized carbons (Fsp3) is 0.684. The SMILES string of the molecule is CCCC[C@H](NC(=O)OC(C(C)C)C(C)C)C(=O)C(=O)NCc1cncs1. The molecule has 0 unspecified atom stereocenters. The number of nitrogens with zero attached hydrogens (tertiary/aromatic N) is 1. The molecule has 0 saturated carbocycles. The second kappa shape index (κ2) is 11.7. The van der Waals surface area contributed by atoms with Crippen LogP contribution in [-0.2, 0) is 20.9 Å². The second-order valence-electron chi connectivity index (χ2n) is 7.21. The molecule has 8 heteroatoms. The maximum atomic E-state index is 12.5. The summed E-state index contributed by atoms with van der Waals surface area (Å²) in [6.45, 7) is 10.1. The molecule has 152 valence electrons. The largest absolute Gasteiger partial charge is 0.446 e. The average molecular weight is 398 g/mol. The van der Waals surface area contributed by atoms with Gasteiger partial charge in [0.1, 0.15) is 12.1 Å². The summed E-state index contributed by atoms with van der Waals surface area (Å²) in [5, 5.41) is 5.17. The van der Waals surface area contributed by atoms with E-state index < -0.39 is 23.8 Å². The van der Waals surface area contributed by atoms with Gasteiger partial charge < -0.3 is 15.4 Å². The Morgan fingerprint density at radius 2 is 1.85 bits per heavy atom. The Morgan fingerprint density at radius 1 is 1.19 bits per heavy atom. The number of thiazole rings is 1. The third kappa shape index (κ3) is 8.07. The standard InChI is InChI=1S/C19H31N3O4S/c1-6-7-8-15(22-19(25)26-17(12(2)3)13(4)5)16(23)18(24)21-10-14-9-20-11-27-14/h9,11-13,15,17H,6-8,10H2,1-5H3,(H,21,24)(H,22,25)/t15-/m0/s1. The highest BCUT2D eigenvalue weighted by Crippen LogP contribution is 2.16. The quantitative estimate of drug-likeness (QED) is 0.558. The van der Waals surface area contributed by atoms with Crippen molar-refractivity contribution in [3.05, 3.63) is 16.6 Å². The molecule has 1 atom stereocenters. The van der Waals surface area contributed by atoms with Crippen LogP contribution < -0.4 is 10.6 Å². The molecule has 0 fully saturated rings. The van der Waals surface area contributed by atoms with E-state index in [1.54, 1.807) is 11.7 Å². The number of ketones is 1. The van der Waals surface area contributed by atoms with Crippen molar-refractivity contribution in [2.45, 2.75) is 72.6 Å². The Morgan fingerprint density at radius 3 is 2.37 bits per heavy atom. The van der Waals surface area contributed by atoms with Crippen molar-refractivity contribution >= 4 is 29.1 Å². The summed E-state index contributed by atoms with van der Waals surface area (Å²) in [6, 6.07) is -0.890. The number of alkyl carbamates (subject to hydrolysis) is 1. The lowest BCUT2D eigenvalue weighted by molar-refractivity contribution is -0.139. The van der Waals surface area contributed by atoms with E-state index in [0.717, 1.165) is 17.7 Å². The third-order valence-corrected chi connectivity index (χ3v) is 4.92. The van der Waals surface area contributed by atoms with Crippen molar-refractivity contribution in [2.24, 2.45) is 11.8 Å². The highest BCUT2D eigenvalue weighted by atomic mass is 32.1. The number of carbonyl (C=O) groups is 3. The van der Waals surface area contributed by atoms with Crippen LogP contribution in [0.1, 0.15) is 58.8 Å². The van der Waals surface area contributed by atoms with Crippen LogP contribution in [0.4, 0.5) is 4.79 Å². The molecule has 1 aromatic rings. The van der Waals surface area contributed by atoms with Gasteiger partial charge in [0.05, 0.1) is 12.1 Å². The Hall–Kier alpha value is -1.96. The van der Waals surface area contributed by atoms with Crippen LogP contribution in [0.2, 0.25) is 0 Å². The van der Waals surface area contributed by atoms with E-state index >= 15 is 0 Å². The van der Waals surface area contributed by atoms with E-state index in [1.807, 2.05) is 34.6 Å². The number of hydrogen-bond donors (Lipinski definition) is 2.